The second-order valence-electron chi connectivity index (χ2n) is 5.51. The molecule has 0 aliphatic carbocycles. The average Bonchev–Trinajstić information content (AvgIpc) is 3.04. The van der Waals surface area contributed by atoms with E-state index in [0.29, 0.717) is 0 Å². The Kier molecular flexibility index (Phi) is 2.09. The Bertz CT molecular complexity index is 1140. The van der Waals surface area contributed by atoms with E-state index in [2.05, 4.69) is 72.3 Å². The molecule has 5 aromatic rings. The van der Waals surface area contributed by atoms with Crippen molar-refractivity contribution in [2.75, 3.05) is 0 Å². The number of hydrogen-bond donors (Lipinski definition) is 0. The second kappa shape index (κ2) is 3.86. The first kappa shape index (κ1) is 11.4. The van der Waals surface area contributed by atoms with Crippen molar-refractivity contribution in [1.82, 2.24) is 4.57 Å². The fourth-order valence-corrected chi connectivity index (χ4v) is 4.68. The van der Waals surface area contributed by atoms with E-state index in [9.17, 15) is 0 Å². The molecule has 0 amide bonds. The largest absolute Gasteiger partial charge is 0.344 e. The van der Waals surface area contributed by atoms with E-state index in [0.717, 1.165) is 0 Å². The van der Waals surface area contributed by atoms with Crippen molar-refractivity contribution in [1.29, 1.82) is 0 Å². The van der Waals surface area contributed by atoms with Crippen molar-refractivity contribution in [2.45, 2.75) is 0 Å². The van der Waals surface area contributed by atoms with Crippen LogP contribution in [0.4, 0.5) is 0 Å². The molecule has 0 bridgehead atoms. The van der Waals surface area contributed by atoms with Gasteiger partial charge in [0.2, 0.25) is 0 Å². The van der Waals surface area contributed by atoms with Crippen LogP contribution in [0.1, 0.15) is 0 Å². The van der Waals surface area contributed by atoms with Crippen molar-refractivity contribution < 1.29 is 0 Å². The van der Waals surface area contributed by atoms with Crippen LogP contribution in [-0.2, 0) is 7.05 Å². The fraction of sp³-hybridized carbons (Fsp3) is 0.0526. The minimum atomic E-state index is 1.30. The van der Waals surface area contributed by atoms with Gasteiger partial charge in [-0.05, 0) is 18.2 Å². The van der Waals surface area contributed by atoms with Gasteiger partial charge in [-0.15, -0.1) is 11.3 Å². The summed E-state index contributed by atoms with van der Waals surface area (Å²) < 4.78 is 5.08. The van der Waals surface area contributed by atoms with E-state index in [1.54, 1.807) is 0 Å². The van der Waals surface area contributed by atoms with Crippen molar-refractivity contribution >= 4 is 53.3 Å². The molecule has 0 atom stereocenters. The molecule has 2 aromatic heterocycles. The highest BCUT2D eigenvalue weighted by molar-refractivity contribution is 7.26. The summed E-state index contributed by atoms with van der Waals surface area (Å²) in [6.45, 7) is 0. The van der Waals surface area contributed by atoms with Crippen molar-refractivity contribution in [3.05, 3.63) is 60.7 Å². The second-order valence-corrected chi connectivity index (χ2v) is 6.56. The molecule has 0 saturated carbocycles. The minimum absolute atomic E-state index is 1.30. The Morgan fingerprint density at radius 3 is 2.38 bits per heavy atom. The Morgan fingerprint density at radius 2 is 1.48 bits per heavy atom. The molecule has 100 valence electrons. The van der Waals surface area contributed by atoms with Crippen LogP contribution in [0.15, 0.2) is 60.7 Å². The minimum Gasteiger partial charge on any atom is -0.344 e. The third kappa shape index (κ3) is 1.35. The summed E-state index contributed by atoms with van der Waals surface area (Å²) in [7, 11) is 2.16. The lowest BCUT2D eigenvalue weighted by molar-refractivity contribution is 1.01. The number of aryl methyl sites for hydroxylation is 1. The first-order chi connectivity index (χ1) is 10.3. The summed E-state index contributed by atoms with van der Waals surface area (Å²) in [5, 5.41) is 5.49. The number of thiophene rings is 1. The summed E-state index contributed by atoms with van der Waals surface area (Å²) in [4.78, 5) is 0. The van der Waals surface area contributed by atoms with E-state index < -0.39 is 0 Å². The fourth-order valence-electron chi connectivity index (χ4n) is 3.43. The molecule has 0 radical (unpaired) electrons. The van der Waals surface area contributed by atoms with Crippen LogP contribution in [0.2, 0.25) is 0 Å². The molecule has 0 saturated heterocycles. The number of hydrogen-bond acceptors (Lipinski definition) is 1. The Balaban J connectivity index is 2.16. The Morgan fingerprint density at radius 1 is 0.714 bits per heavy atom. The number of nitrogens with zero attached hydrogens (tertiary/aromatic N) is 1. The van der Waals surface area contributed by atoms with Gasteiger partial charge in [0.25, 0.3) is 0 Å². The topological polar surface area (TPSA) is 4.93 Å². The molecule has 1 nitrogen and oxygen atoms in total. The van der Waals surface area contributed by atoms with Gasteiger partial charge in [-0.25, -0.2) is 0 Å². The summed E-state index contributed by atoms with van der Waals surface area (Å²) in [6.07, 6.45) is 0. The zero-order valence-corrected chi connectivity index (χ0v) is 12.4. The SMILES string of the molecule is Cn1c2ccccc2c2c3sc4ccccc4c3ccc21. The van der Waals surface area contributed by atoms with Gasteiger partial charge in [-0.1, -0.05) is 42.5 Å². The highest BCUT2D eigenvalue weighted by atomic mass is 32.1. The number of para-hydroxylation sites is 1. The summed E-state index contributed by atoms with van der Waals surface area (Å²) >= 11 is 1.91. The lowest BCUT2D eigenvalue weighted by Crippen LogP contribution is -1.85. The van der Waals surface area contributed by atoms with E-state index in [4.69, 9.17) is 0 Å². The number of aromatic nitrogens is 1. The summed E-state index contributed by atoms with van der Waals surface area (Å²) in [5.41, 5.74) is 2.62. The van der Waals surface area contributed by atoms with E-state index in [-0.39, 0.29) is 0 Å². The molecule has 0 spiro atoms. The van der Waals surface area contributed by atoms with E-state index in [1.165, 1.54) is 42.0 Å². The zero-order chi connectivity index (χ0) is 14.0. The molecule has 0 fully saturated rings. The van der Waals surface area contributed by atoms with Gasteiger partial charge < -0.3 is 4.57 Å². The molecule has 2 heteroatoms. The van der Waals surface area contributed by atoms with Crippen molar-refractivity contribution in [2.24, 2.45) is 7.05 Å². The third-order valence-corrected chi connectivity index (χ3v) is 5.63. The smallest absolute Gasteiger partial charge is 0.0503 e. The standard InChI is InChI=1S/C19H13NS/c1-20-15-8-4-2-7-14(15)18-16(20)11-10-13-12-6-3-5-9-17(12)21-19(13)18/h2-11H,1H3. The highest BCUT2D eigenvalue weighted by Crippen LogP contribution is 2.41. The molecular formula is C19H13NS. The molecule has 0 unspecified atom stereocenters. The molecule has 0 aliphatic heterocycles. The van der Waals surface area contributed by atoms with Gasteiger partial charge in [-0.3, -0.25) is 0 Å². The maximum Gasteiger partial charge on any atom is 0.0503 e. The molecule has 2 heterocycles. The van der Waals surface area contributed by atoms with Crippen LogP contribution in [0.25, 0.3) is 42.0 Å². The maximum atomic E-state index is 2.30. The highest BCUT2D eigenvalue weighted by Gasteiger charge is 2.13. The number of benzene rings is 3. The Labute approximate surface area is 126 Å². The lowest BCUT2D eigenvalue weighted by Gasteiger charge is -1.97. The number of fused-ring (bicyclic) bond motifs is 7. The van der Waals surface area contributed by atoms with Crippen LogP contribution in [0.5, 0.6) is 0 Å². The van der Waals surface area contributed by atoms with Gasteiger partial charge in [0.1, 0.15) is 0 Å². The third-order valence-electron chi connectivity index (χ3n) is 4.42. The lowest BCUT2D eigenvalue weighted by atomic mass is 10.1. The maximum absolute atomic E-state index is 2.30. The van der Waals surface area contributed by atoms with E-state index in [1.807, 2.05) is 11.3 Å². The normalized spacial score (nSPS) is 12.0. The average molecular weight is 287 g/mol. The summed E-state index contributed by atoms with van der Waals surface area (Å²) in [6, 6.07) is 21.9. The first-order valence-electron chi connectivity index (χ1n) is 7.12. The summed E-state index contributed by atoms with van der Waals surface area (Å²) in [5.74, 6) is 0. The van der Waals surface area contributed by atoms with Crippen LogP contribution in [0, 0.1) is 0 Å². The molecule has 21 heavy (non-hydrogen) atoms. The monoisotopic (exact) mass is 287 g/mol. The van der Waals surface area contributed by atoms with Crippen LogP contribution in [-0.4, -0.2) is 4.57 Å². The first-order valence-corrected chi connectivity index (χ1v) is 7.93. The van der Waals surface area contributed by atoms with Crippen LogP contribution >= 0.6 is 11.3 Å². The van der Waals surface area contributed by atoms with Gasteiger partial charge in [0.05, 0.1) is 5.52 Å². The predicted molar refractivity (Wildman–Crippen MR) is 93.3 cm³/mol. The van der Waals surface area contributed by atoms with Crippen LogP contribution < -0.4 is 0 Å². The van der Waals surface area contributed by atoms with Gasteiger partial charge in [0, 0.05) is 43.5 Å². The van der Waals surface area contributed by atoms with Gasteiger partial charge in [-0.2, -0.15) is 0 Å². The quantitative estimate of drug-likeness (QED) is 0.344. The van der Waals surface area contributed by atoms with Crippen molar-refractivity contribution in [3.8, 4) is 0 Å². The zero-order valence-electron chi connectivity index (χ0n) is 11.6. The number of rotatable bonds is 0. The van der Waals surface area contributed by atoms with Gasteiger partial charge in [0.15, 0.2) is 0 Å². The molecule has 0 aliphatic rings. The Hall–Kier alpha value is -2.32. The predicted octanol–water partition coefficient (Wildman–Crippen LogP) is 5.70. The van der Waals surface area contributed by atoms with Crippen molar-refractivity contribution in [3.63, 3.8) is 0 Å². The molecule has 0 N–H and O–H groups in total. The molecular weight excluding hydrogens is 274 g/mol. The molecule has 3 aromatic carbocycles. The van der Waals surface area contributed by atoms with Gasteiger partial charge >= 0.3 is 0 Å². The molecule has 5 rings (SSSR count). The van der Waals surface area contributed by atoms with Crippen LogP contribution in [0.3, 0.4) is 0 Å². The van der Waals surface area contributed by atoms with E-state index >= 15 is 0 Å².